The Labute approximate surface area is 303 Å². The van der Waals surface area contributed by atoms with Gasteiger partial charge in [0.15, 0.2) is 0 Å². The SMILES string of the molecule is Cc1cc2c3c(c1)C(c1ccc(C(C)(C)C)cc1)c1ccc(C(C)(C)C)cc1B3c1cc(C(C)(C)C)ccc1C2c1ccc(C(C)(C)C)cc1. The van der Waals surface area contributed by atoms with Crippen molar-refractivity contribution in [1.29, 1.82) is 0 Å². The van der Waals surface area contributed by atoms with Crippen molar-refractivity contribution < 1.29 is 0 Å². The quantitative estimate of drug-likeness (QED) is 0.163. The Morgan fingerprint density at radius 1 is 0.380 bits per heavy atom. The van der Waals surface area contributed by atoms with Gasteiger partial charge in [-0.2, -0.15) is 0 Å². The fraction of sp³-hybridized carbons (Fsp3) is 0.388. The van der Waals surface area contributed by atoms with E-state index in [1.807, 2.05) is 0 Å². The van der Waals surface area contributed by atoms with Crippen LogP contribution in [0.5, 0.6) is 0 Å². The Kier molecular flexibility index (Phi) is 8.03. The fourth-order valence-corrected chi connectivity index (χ4v) is 8.66. The molecule has 2 unspecified atom stereocenters. The van der Waals surface area contributed by atoms with Gasteiger partial charge in [-0.25, -0.2) is 0 Å². The Hall–Kier alpha value is -3.84. The molecule has 5 aromatic rings. The highest BCUT2D eigenvalue weighted by Crippen LogP contribution is 2.43. The first-order valence-electron chi connectivity index (χ1n) is 18.9. The van der Waals surface area contributed by atoms with E-state index in [9.17, 15) is 0 Å². The van der Waals surface area contributed by atoms with E-state index in [-0.39, 0.29) is 40.2 Å². The van der Waals surface area contributed by atoms with Gasteiger partial charge in [0.25, 0.3) is 0 Å². The average Bonchev–Trinajstić information content (AvgIpc) is 3.02. The van der Waals surface area contributed by atoms with Crippen molar-refractivity contribution in [3.63, 3.8) is 0 Å². The molecular weight excluding hydrogens is 599 g/mol. The maximum Gasteiger partial charge on any atom is 0.242 e. The summed E-state index contributed by atoms with van der Waals surface area (Å²) in [5.74, 6) is 0.350. The van der Waals surface area contributed by atoms with Gasteiger partial charge in [0.05, 0.1) is 0 Å². The van der Waals surface area contributed by atoms with Crippen LogP contribution in [0, 0.1) is 6.92 Å². The number of benzene rings is 5. The van der Waals surface area contributed by atoms with Gasteiger partial charge in [-0.05, 0) is 84.2 Å². The molecule has 0 saturated heterocycles. The van der Waals surface area contributed by atoms with Crippen LogP contribution in [0.25, 0.3) is 0 Å². The van der Waals surface area contributed by atoms with Crippen LogP contribution in [0.1, 0.15) is 156 Å². The maximum atomic E-state index is 2.58. The van der Waals surface area contributed by atoms with E-state index in [1.165, 1.54) is 77.6 Å². The minimum Gasteiger partial charge on any atom is -0.0642 e. The first kappa shape index (κ1) is 34.6. The van der Waals surface area contributed by atoms with Crippen LogP contribution in [-0.2, 0) is 21.7 Å². The second-order valence-corrected chi connectivity index (χ2v) is 19.6. The molecule has 0 aromatic heterocycles. The molecule has 5 aromatic carbocycles. The van der Waals surface area contributed by atoms with Crippen LogP contribution >= 0.6 is 0 Å². The number of rotatable bonds is 2. The van der Waals surface area contributed by atoms with Crippen molar-refractivity contribution in [2.24, 2.45) is 0 Å². The number of hydrogen-bond acceptors (Lipinski definition) is 0. The molecule has 0 N–H and O–H groups in total. The predicted octanol–water partition coefficient (Wildman–Crippen LogP) is 10.7. The first-order chi connectivity index (χ1) is 23.2. The normalized spacial score (nSPS) is 17.3. The van der Waals surface area contributed by atoms with Gasteiger partial charge < -0.3 is 0 Å². The highest BCUT2D eigenvalue weighted by molar-refractivity contribution is 6.97. The summed E-state index contributed by atoms with van der Waals surface area (Å²) < 4.78 is 0. The largest absolute Gasteiger partial charge is 0.242 e. The van der Waals surface area contributed by atoms with Crippen LogP contribution in [0.2, 0.25) is 0 Å². The number of hydrogen-bond donors (Lipinski definition) is 0. The minimum absolute atomic E-state index is 0.0529. The second-order valence-electron chi connectivity index (χ2n) is 19.6. The van der Waals surface area contributed by atoms with Gasteiger partial charge in [-0.15, -0.1) is 0 Å². The van der Waals surface area contributed by atoms with Gasteiger partial charge >= 0.3 is 0 Å². The highest BCUT2D eigenvalue weighted by atomic mass is 14.4. The molecule has 2 aliphatic rings. The fourth-order valence-electron chi connectivity index (χ4n) is 8.66. The molecule has 256 valence electrons. The second kappa shape index (κ2) is 11.6. The predicted molar refractivity (Wildman–Crippen MR) is 218 cm³/mol. The molecule has 2 atom stereocenters. The molecule has 2 heterocycles. The third-order valence-corrected chi connectivity index (χ3v) is 11.7. The molecule has 0 amide bonds. The Morgan fingerprint density at radius 3 is 1.02 bits per heavy atom. The zero-order chi connectivity index (χ0) is 36.1. The van der Waals surface area contributed by atoms with Crippen LogP contribution in [0.4, 0.5) is 0 Å². The lowest BCUT2D eigenvalue weighted by Crippen LogP contribution is -2.63. The monoisotopic (exact) mass is 656 g/mol. The van der Waals surface area contributed by atoms with Crippen LogP contribution < -0.4 is 16.4 Å². The van der Waals surface area contributed by atoms with Gasteiger partial charge in [-0.1, -0.05) is 202 Å². The average molecular weight is 657 g/mol. The molecule has 7 rings (SSSR count). The third-order valence-electron chi connectivity index (χ3n) is 11.7. The molecule has 0 saturated carbocycles. The molecule has 0 bridgehead atoms. The van der Waals surface area contributed by atoms with Crippen molar-refractivity contribution in [3.8, 4) is 0 Å². The van der Waals surface area contributed by atoms with Crippen LogP contribution in [0.3, 0.4) is 0 Å². The summed E-state index contributed by atoms with van der Waals surface area (Å²) >= 11 is 0. The molecule has 0 aliphatic carbocycles. The Balaban J connectivity index is 1.57. The van der Waals surface area contributed by atoms with Crippen molar-refractivity contribution in [1.82, 2.24) is 0 Å². The Bertz CT molecular complexity index is 1930. The summed E-state index contributed by atoms with van der Waals surface area (Å²) in [6.07, 6.45) is 0. The lowest BCUT2D eigenvalue weighted by Gasteiger charge is -2.42. The van der Waals surface area contributed by atoms with E-state index < -0.39 is 0 Å². The molecule has 0 nitrogen and oxygen atoms in total. The first-order valence-corrected chi connectivity index (χ1v) is 18.9. The number of fused-ring (bicyclic) bond motifs is 4. The molecule has 0 radical (unpaired) electrons. The summed E-state index contributed by atoms with van der Waals surface area (Å²) in [6, 6.07) is 39.1. The van der Waals surface area contributed by atoms with E-state index in [2.05, 4.69) is 187 Å². The highest BCUT2D eigenvalue weighted by Gasteiger charge is 2.45. The lowest BCUT2D eigenvalue weighted by atomic mass is 9.28. The van der Waals surface area contributed by atoms with Gasteiger partial charge in [0.2, 0.25) is 6.71 Å². The van der Waals surface area contributed by atoms with Gasteiger partial charge in [-0.3, -0.25) is 0 Å². The van der Waals surface area contributed by atoms with Crippen molar-refractivity contribution in [2.45, 2.75) is 124 Å². The minimum atomic E-state index is 0.0529. The molecule has 50 heavy (non-hydrogen) atoms. The molecule has 0 fully saturated rings. The topological polar surface area (TPSA) is 0 Å². The van der Waals surface area contributed by atoms with E-state index in [1.54, 1.807) is 0 Å². The van der Waals surface area contributed by atoms with Gasteiger partial charge in [0.1, 0.15) is 0 Å². The maximum absolute atomic E-state index is 2.58. The molecule has 1 heteroatoms. The number of aryl methyl sites for hydroxylation is 1. The summed E-state index contributed by atoms with van der Waals surface area (Å²) in [4.78, 5) is 0. The zero-order valence-corrected chi connectivity index (χ0v) is 33.0. The molecular formula is C49H57B. The zero-order valence-electron chi connectivity index (χ0n) is 33.0. The standard InChI is InChI=1S/C49H57B/c1-30-26-39-43(31-14-18-33(19-15-31)46(2,3)4)37-24-22-35(48(8,9)10)28-41(37)50-42-29-36(49(11,12)13)23-25-38(42)44(40(27-30)45(39)50)32-16-20-34(21-17-32)47(5,6)7/h14-29,43-44H,1-13H3. The van der Waals surface area contributed by atoms with Crippen LogP contribution in [-0.4, -0.2) is 6.71 Å². The van der Waals surface area contributed by atoms with Crippen molar-refractivity contribution in [2.75, 3.05) is 0 Å². The van der Waals surface area contributed by atoms with E-state index in [0.717, 1.165) is 0 Å². The lowest BCUT2D eigenvalue weighted by molar-refractivity contribution is 0.589. The summed E-state index contributed by atoms with van der Waals surface area (Å²) in [5, 5.41) is 0. The van der Waals surface area contributed by atoms with Crippen molar-refractivity contribution >= 4 is 23.1 Å². The third kappa shape index (κ3) is 5.89. The Morgan fingerprint density at radius 2 is 0.700 bits per heavy atom. The van der Waals surface area contributed by atoms with Gasteiger partial charge in [0, 0.05) is 11.8 Å². The summed E-state index contributed by atoms with van der Waals surface area (Å²) in [7, 11) is 0. The van der Waals surface area contributed by atoms with Crippen molar-refractivity contribution in [3.05, 3.63) is 158 Å². The van der Waals surface area contributed by atoms with E-state index in [0.29, 0.717) is 0 Å². The smallest absolute Gasteiger partial charge is 0.0642 e. The summed E-state index contributed by atoms with van der Waals surface area (Å²) in [6.45, 7) is 30.5. The molecule has 2 aliphatic heterocycles. The van der Waals surface area contributed by atoms with Crippen LogP contribution in [0.15, 0.2) is 97.1 Å². The molecule has 0 spiro atoms. The summed E-state index contributed by atoms with van der Waals surface area (Å²) in [5.41, 5.74) is 20.4. The van der Waals surface area contributed by atoms with E-state index in [4.69, 9.17) is 0 Å². The van der Waals surface area contributed by atoms with E-state index >= 15 is 0 Å².